The summed E-state index contributed by atoms with van der Waals surface area (Å²) in [5.41, 5.74) is 5.46. The zero-order valence-electron chi connectivity index (χ0n) is 21.6. The molecule has 0 saturated carbocycles. The van der Waals surface area contributed by atoms with Crippen LogP contribution in [0, 0.1) is 5.95 Å². The topological polar surface area (TPSA) is 33.1 Å². The van der Waals surface area contributed by atoms with Crippen molar-refractivity contribution in [3.8, 4) is 22.4 Å². The van der Waals surface area contributed by atoms with Crippen LogP contribution < -0.4 is 0 Å². The maximum absolute atomic E-state index is 14.7. The van der Waals surface area contributed by atoms with E-state index in [0.29, 0.717) is 17.7 Å². The Morgan fingerprint density at radius 2 is 1.20 bits per heavy atom. The number of aryl methyl sites for hydroxylation is 1. The number of benzene rings is 2. The second-order valence-electron chi connectivity index (χ2n) is 9.73. The van der Waals surface area contributed by atoms with Gasteiger partial charge in [-0.1, -0.05) is 120 Å². The van der Waals surface area contributed by atoms with Crippen molar-refractivity contribution in [2.45, 2.75) is 97.0 Å². The molecule has 0 saturated heterocycles. The predicted octanol–water partition coefficient (Wildman–Crippen LogP) is 9.46. The molecule has 0 bridgehead atoms. The van der Waals surface area contributed by atoms with Gasteiger partial charge in [0.15, 0.2) is 0 Å². The third kappa shape index (κ3) is 8.58. The van der Waals surface area contributed by atoms with E-state index < -0.39 is 12.1 Å². The molecule has 188 valence electrons. The van der Waals surface area contributed by atoms with Crippen LogP contribution in [0.5, 0.6) is 0 Å². The molecular weight excluding hydrogens is 433 g/mol. The summed E-state index contributed by atoms with van der Waals surface area (Å²) in [7, 11) is 0. The first-order valence-corrected chi connectivity index (χ1v) is 13.7. The summed E-state index contributed by atoms with van der Waals surface area (Å²) in [5.74, 6) is -0.569. The molecule has 1 atom stereocenters. The van der Waals surface area contributed by atoms with E-state index >= 15 is 0 Å². The molecule has 3 heteroatoms. The van der Waals surface area contributed by atoms with E-state index in [-0.39, 0.29) is 0 Å². The Labute approximate surface area is 211 Å². The third-order valence-electron chi connectivity index (χ3n) is 6.85. The lowest BCUT2D eigenvalue weighted by Gasteiger charge is -2.13. The van der Waals surface area contributed by atoms with Crippen LogP contribution in [-0.4, -0.2) is 10.1 Å². The highest BCUT2D eigenvalue weighted by atomic mass is 19.1. The third-order valence-corrected chi connectivity index (χ3v) is 6.85. The molecule has 2 aromatic carbocycles. The first-order chi connectivity index (χ1) is 17.1. The number of aromatic nitrogens is 1. The number of hydrogen-bond donors (Lipinski definition) is 1. The molecule has 3 aromatic rings. The van der Waals surface area contributed by atoms with Crippen molar-refractivity contribution in [1.29, 1.82) is 0 Å². The van der Waals surface area contributed by atoms with Gasteiger partial charge in [-0.2, -0.15) is 4.39 Å². The standard InChI is InChI=1S/C32H42FNO/c1-3-5-7-8-9-10-12-14-31(35)29-23-24-30(34-32(29)33)28-21-19-27(20-22-28)26-17-15-25(16-18-26)13-11-6-4-2/h15-24,31,35H,3-14H2,1-2H3. The molecule has 1 N–H and O–H groups in total. The van der Waals surface area contributed by atoms with E-state index in [4.69, 9.17) is 0 Å². The molecule has 1 unspecified atom stereocenters. The first-order valence-electron chi connectivity index (χ1n) is 13.7. The summed E-state index contributed by atoms with van der Waals surface area (Å²) in [6.07, 6.45) is 12.9. The molecule has 0 aliphatic heterocycles. The van der Waals surface area contributed by atoms with Gasteiger partial charge >= 0.3 is 0 Å². The molecule has 1 heterocycles. The van der Waals surface area contributed by atoms with Crippen LogP contribution >= 0.6 is 0 Å². The van der Waals surface area contributed by atoms with Gasteiger partial charge in [-0.05, 0) is 48.1 Å². The van der Waals surface area contributed by atoms with Crippen molar-refractivity contribution in [2.75, 3.05) is 0 Å². The number of halogens is 1. The number of hydrogen-bond acceptors (Lipinski definition) is 2. The normalized spacial score (nSPS) is 12.1. The van der Waals surface area contributed by atoms with Gasteiger partial charge in [-0.3, -0.25) is 0 Å². The van der Waals surface area contributed by atoms with E-state index in [2.05, 4.69) is 55.2 Å². The summed E-state index contributed by atoms with van der Waals surface area (Å²) in [6.45, 7) is 4.44. The molecule has 0 aliphatic rings. The number of unbranched alkanes of at least 4 members (excludes halogenated alkanes) is 8. The predicted molar refractivity (Wildman–Crippen MR) is 146 cm³/mol. The maximum Gasteiger partial charge on any atom is 0.219 e. The van der Waals surface area contributed by atoms with Crippen LogP contribution in [0.1, 0.15) is 102 Å². The van der Waals surface area contributed by atoms with Gasteiger partial charge in [-0.25, -0.2) is 4.98 Å². The fourth-order valence-corrected chi connectivity index (χ4v) is 4.58. The van der Waals surface area contributed by atoms with Gasteiger partial charge in [0.05, 0.1) is 11.8 Å². The van der Waals surface area contributed by atoms with Crippen LogP contribution in [0.15, 0.2) is 60.7 Å². The minimum absolute atomic E-state index is 0.301. The lowest BCUT2D eigenvalue weighted by atomic mass is 9.99. The van der Waals surface area contributed by atoms with Crippen LogP contribution in [-0.2, 0) is 6.42 Å². The molecule has 3 rings (SSSR count). The second kappa shape index (κ2) is 14.8. The maximum atomic E-state index is 14.7. The zero-order valence-corrected chi connectivity index (χ0v) is 21.6. The van der Waals surface area contributed by atoms with E-state index in [1.165, 1.54) is 62.5 Å². The zero-order chi connectivity index (χ0) is 24.9. The van der Waals surface area contributed by atoms with E-state index in [1.54, 1.807) is 6.07 Å². The summed E-state index contributed by atoms with van der Waals surface area (Å²) in [4.78, 5) is 4.17. The summed E-state index contributed by atoms with van der Waals surface area (Å²) < 4.78 is 14.7. The van der Waals surface area contributed by atoms with Crippen molar-refractivity contribution in [3.05, 3.63) is 77.7 Å². The van der Waals surface area contributed by atoms with E-state index in [1.807, 2.05) is 18.2 Å². The van der Waals surface area contributed by atoms with Gasteiger partial charge in [0.1, 0.15) is 0 Å². The summed E-state index contributed by atoms with van der Waals surface area (Å²) in [5, 5.41) is 10.5. The number of rotatable bonds is 15. The molecule has 0 amide bonds. The first kappa shape index (κ1) is 27.1. The molecule has 2 nitrogen and oxygen atoms in total. The lowest BCUT2D eigenvalue weighted by Crippen LogP contribution is -2.03. The molecular formula is C32H42FNO. The van der Waals surface area contributed by atoms with Crippen molar-refractivity contribution < 1.29 is 9.50 Å². The fourth-order valence-electron chi connectivity index (χ4n) is 4.58. The SMILES string of the molecule is CCCCCCCCCC(O)c1ccc(-c2ccc(-c3ccc(CCCCC)cc3)cc2)nc1F. The van der Waals surface area contributed by atoms with Gasteiger partial charge < -0.3 is 5.11 Å². The largest absolute Gasteiger partial charge is 0.388 e. The van der Waals surface area contributed by atoms with Gasteiger partial charge in [-0.15, -0.1) is 0 Å². The molecule has 0 spiro atoms. The van der Waals surface area contributed by atoms with Gasteiger partial charge in [0.25, 0.3) is 0 Å². The second-order valence-corrected chi connectivity index (χ2v) is 9.73. The monoisotopic (exact) mass is 475 g/mol. The average Bonchev–Trinajstić information content (AvgIpc) is 2.88. The Hall–Kier alpha value is -2.52. The lowest BCUT2D eigenvalue weighted by molar-refractivity contribution is 0.157. The smallest absolute Gasteiger partial charge is 0.219 e. The fraction of sp³-hybridized carbons (Fsp3) is 0.469. The molecule has 0 radical (unpaired) electrons. The van der Waals surface area contributed by atoms with Gasteiger partial charge in [0, 0.05) is 11.1 Å². The Balaban J connectivity index is 1.55. The van der Waals surface area contributed by atoms with Crippen LogP contribution in [0.3, 0.4) is 0 Å². The number of aliphatic hydroxyl groups is 1. The van der Waals surface area contributed by atoms with Crippen molar-refractivity contribution in [2.24, 2.45) is 0 Å². The van der Waals surface area contributed by atoms with Crippen LogP contribution in [0.25, 0.3) is 22.4 Å². The highest BCUT2D eigenvalue weighted by Crippen LogP contribution is 2.28. The summed E-state index contributed by atoms with van der Waals surface area (Å²) >= 11 is 0. The van der Waals surface area contributed by atoms with E-state index in [9.17, 15) is 9.50 Å². The Kier molecular flexibility index (Phi) is 11.4. The Morgan fingerprint density at radius 1 is 0.657 bits per heavy atom. The van der Waals surface area contributed by atoms with Crippen molar-refractivity contribution in [3.63, 3.8) is 0 Å². The van der Waals surface area contributed by atoms with Crippen LogP contribution in [0.2, 0.25) is 0 Å². The van der Waals surface area contributed by atoms with Gasteiger partial charge in [0.2, 0.25) is 5.95 Å². The molecule has 35 heavy (non-hydrogen) atoms. The quantitative estimate of drug-likeness (QED) is 0.175. The number of nitrogens with zero attached hydrogens (tertiary/aromatic N) is 1. The van der Waals surface area contributed by atoms with E-state index in [0.717, 1.165) is 30.4 Å². The molecule has 0 aliphatic carbocycles. The van der Waals surface area contributed by atoms with Crippen molar-refractivity contribution in [1.82, 2.24) is 4.98 Å². The minimum Gasteiger partial charge on any atom is -0.388 e. The molecule has 1 aromatic heterocycles. The highest BCUT2D eigenvalue weighted by molar-refractivity contribution is 5.69. The number of pyridine rings is 1. The Morgan fingerprint density at radius 3 is 1.83 bits per heavy atom. The minimum atomic E-state index is -0.792. The number of aliphatic hydroxyl groups excluding tert-OH is 1. The summed E-state index contributed by atoms with van der Waals surface area (Å²) in [6, 6.07) is 20.4. The average molecular weight is 476 g/mol. The van der Waals surface area contributed by atoms with Crippen molar-refractivity contribution >= 4 is 0 Å². The highest BCUT2D eigenvalue weighted by Gasteiger charge is 2.15. The molecule has 0 fully saturated rings. The Bertz CT molecular complexity index is 997. The van der Waals surface area contributed by atoms with Crippen LogP contribution in [0.4, 0.5) is 4.39 Å².